The second-order valence-electron chi connectivity index (χ2n) is 8.66. The molecule has 0 radical (unpaired) electrons. The van der Waals surface area contributed by atoms with E-state index in [-0.39, 0.29) is 11.9 Å². The molecule has 0 aliphatic rings. The summed E-state index contributed by atoms with van der Waals surface area (Å²) in [7, 11) is 0. The van der Waals surface area contributed by atoms with Crippen LogP contribution in [0.25, 0.3) is 0 Å². The fourth-order valence-corrected chi connectivity index (χ4v) is 4.02. The van der Waals surface area contributed by atoms with Gasteiger partial charge >= 0.3 is 0 Å². The molecule has 6 nitrogen and oxygen atoms in total. The Labute approximate surface area is 210 Å². The van der Waals surface area contributed by atoms with Gasteiger partial charge < -0.3 is 29.1 Å². The largest absolute Gasteiger partial charge is 0.870 e. The zero-order chi connectivity index (χ0) is 26.3. The summed E-state index contributed by atoms with van der Waals surface area (Å²) in [5.74, 6) is 0. The van der Waals surface area contributed by atoms with Crippen molar-refractivity contribution in [3.63, 3.8) is 0 Å². The third-order valence-corrected chi connectivity index (χ3v) is 8.38. The molecule has 0 aromatic heterocycles. The van der Waals surface area contributed by atoms with Crippen LogP contribution in [0.1, 0.15) is 96.4 Å². The third kappa shape index (κ3) is 19.7. The van der Waals surface area contributed by atoms with Crippen LogP contribution >= 0.6 is 0 Å². The third-order valence-electron chi connectivity index (χ3n) is 8.38. The fraction of sp³-hybridized carbons (Fsp3) is 1.00. The predicted molar refractivity (Wildman–Crippen MR) is 143 cm³/mol. The molecule has 0 heterocycles. The van der Waals surface area contributed by atoms with Crippen LogP contribution < -0.4 is 10.2 Å². The van der Waals surface area contributed by atoms with Crippen molar-refractivity contribution in [2.45, 2.75) is 103 Å². The summed E-state index contributed by atoms with van der Waals surface area (Å²) in [6.45, 7) is 44.2. The molecule has 208 valence electrons. The number of hydrogen-bond acceptors (Lipinski definition) is 3. The molecule has 0 spiro atoms. The number of rotatable bonds is 13. The lowest BCUT2D eigenvalue weighted by Gasteiger charge is -2.34. The summed E-state index contributed by atoms with van der Waals surface area (Å²) in [6, 6.07) is 0. The van der Waals surface area contributed by atoms with E-state index in [0.29, 0.717) is 0 Å². The minimum atomic E-state index is -1.62. The van der Waals surface area contributed by atoms with Crippen LogP contribution in [-0.2, 0) is 0 Å². The molecule has 0 aliphatic heterocycles. The molecule has 33 heavy (non-hydrogen) atoms. The number of nitrogens with zero attached hydrogens (tertiary/aromatic N) is 3. The van der Waals surface area contributed by atoms with Crippen molar-refractivity contribution >= 4 is 0 Å². The van der Waals surface area contributed by atoms with Gasteiger partial charge in [0.15, 0.2) is 0 Å². The van der Waals surface area contributed by atoms with Gasteiger partial charge in [-0.05, 0) is 83.1 Å². The highest BCUT2D eigenvalue weighted by molar-refractivity contribution is 4.32. The molecule has 0 bridgehead atoms. The zero-order valence-corrected chi connectivity index (χ0v) is 25.4. The second-order valence-corrected chi connectivity index (χ2v) is 8.66. The molecule has 0 aliphatic carbocycles. The molecule has 0 atom stereocenters. The first-order valence-corrected chi connectivity index (χ1v) is 13.9. The van der Waals surface area contributed by atoms with Crippen molar-refractivity contribution in [3.8, 4) is 0 Å². The van der Waals surface area contributed by atoms with Crippen LogP contribution in [0.5, 0.6) is 0 Å². The first kappa shape index (κ1) is 42.9. The summed E-state index contributed by atoms with van der Waals surface area (Å²) in [4.78, 5) is 0. The SMILES string of the molecule is CCC([O-])[O-].CC[N+](CC)(CC)CC.CC[N+](CC)(CC)CC.CC[N+](CC)(CC)CC.[OH-]. The highest BCUT2D eigenvalue weighted by Gasteiger charge is 2.17. The van der Waals surface area contributed by atoms with Crippen molar-refractivity contribution in [1.82, 2.24) is 0 Å². The van der Waals surface area contributed by atoms with Gasteiger partial charge in [0.2, 0.25) is 0 Å². The Morgan fingerprint density at radius 3 is 0.455 bits per heavy atom. The Morgan fingerprint density at radius 2 is 0.455 bits per heavy atom. The lowest BCUT2D eigenvalue weighted by atomic mass is 10.3. The van der Waals surface area contributed by atoms with Crippen LogP contribution in [0.4, 0.5) is 0 Å². The molecule has 0 amide bonds. The lowest BCUT2D eigenvalue weighted by Crippen LogP contribution is -2.47. The molecule has 1 N–H and O–H groups in total. The molecule has 0 unspecified atom stereocenters. The molecule has 0 aromatic rings. The topological polar surface area (TPSA) is 76.1 Å². The summed E-state index contributed by atoms with van der Waals surface area (Å²) >= 11 is 0. The average Bonchev–Trinajstić information content (AvgIpc) is 2.86. The van der Waals surface area contributed by atoms with Crippen molar-refractivity contribution in [3.05, 3.63) is 0 Å². The Balaban J connectivity index is -0.000000107. The molecule has 0 saturated heterocycles. The van der Waals surface area contributed by atoms with Crippen LogP contribution in [0.3, 0.4) is 0 Å². The maximum atomic E-state index is 9.34. The maximum Gasteiger partial charge on any atom is 0.0757 e. The first-order valence-electron chi connectivity index (χ1n) is 13.9. The monoisotopic (exact) mass is 482 g/mol. The van der Waals surface area contributed by atoms with E-state index in [2.05, 4.69) is 83.1 Å². The molecule has 0 rings (SSSR count). The van der Waals surface area contributed by atoms with E-state index in [1.807, 2.05) is 0 Å². The summed E-state index contributed by atoms with van der Waals surface area (Å²) in [5, 5.41) is 18.7. The van der Waals surface area contributed by atoms with E-state index < -0.39 is 6.29 Å². The smallest absolute Gasteiger partial charge is 0.0757 e. The van der Waals surface area contributed by atoms with Gasteiger partial charge in [0.05, 0.1) is 78.5 Å². The van der Waals surface area contributed by atoms with E-state index >= 15 is 0 Å². The van der Waals surface area contributed by atoms with Gasteiger partial charge in [-0.25, -0.2) is 6.29 Å². The van der Waals surface area contributed by atoms with E-state index in [0.717, 1.165) is 0 Å². The van der Waals surface area contributed by atoms with Gasteiger partial charge in [0, 0.05) is 0 Å². The number of hydrogen-bond donors (Lipinski definition) is 0. The number of quaternary nitrogens is 3. The standard InChI is InChI=1S/3C8H20N.C3H6O2.H2O/c3*1-5-9(6-2,7-3)8-4;1-2-3(4)5;/h3*5-8H2,1-4H3;3H,2H2,1H3;1H2/q3*+1;-2;/p-1. The summed E-state index contributed by atoms with van der Waals surface area (Å²) in [6.07, 6.45) is -1.42. The van der Waals surface area contributed by atoms with Gasteiger partial charge in [0.25, 0.3) is 0 Å². The van der Waals surface area contributed by atoms with Crippen LogP contribution in [0.2, 0.25) is 0 Å². The molecular weight excluding hydrogens is 414 g/mol. The van der Waals surface area contributed by atoms with Crippen molar-refractivity contribution < 1.29 is 29.1 Å². The van der Waals surface area contributed by atoms with Gasteiger partial charge in [-0.1, -0.05) is 13.3 Å². The fourth-order valence-electron chi connectivity index (χ4n) is 4.02. The van der Waals surface area contributed by atoms with Gasteiger partial charge in [-0.15, -0.1) is 0 Å². The summed E-state index contributed by atoms with van der Waals surface area (Å²) in [5.41, 5.74) is 0. The average molecular weight is 482 g/mol. The molecule has 0 aromatic carbocycles. The van der Waals surface area contributed by atoms with Crippen molar-refractivity contribution in [2.24, 2.45) is 0 Å². The minimum absolute atomic E-state index is 0. The zero-order valence-electron chi connectivity index (χ0n) is 25.4. The Bertz CT molecular complexity index is 254. The first-order chi connectivity index (χ1) is 15.0. The van der Waals surface area contributed by atoms with Crippen LogP contribution in [0, 0.1) is 0 Å². The predicted octanol–water partition coefficient (Wildman–Crippen LogP) is 3.91. The van der Waals surface area contributed by atoms with E-state index in [4.69, 9.17) is 0 Å². The van der Waals surface area contributed by atoms with Gasteiger partial charge in [-0.2, -0.15) is 0 Å². The quantitative estimate of drug-likeness (QED) is 0.295. The van der Waals surface area contributed by atoms with E-state index in [1.165, 1.54) is 92.0 Å². The normalized spacial score (nSPS) is 11.3. The van der Waals surface area contributed by atoms with Crippen molar-refractivity contribution in [1.29, 1.82) is 0 Å². The van der Waals surface area contributed by atoms with Gasteiger partial charge in [-0.3, -0.25) is 0 Å². The van der Waals surface area contributed by atoms with E-state index in [1.54, 1.807) is 6.92 Å². The highest BCUT2D eigenvalue weighted by Crippen LogP contribution is 2.04. The summed E-state index contributed by atoms with van der Waals surface area (Å²) < 4.78 is 3.83. The Kier molecular flexibility index (Phi) is 34.3. The van der Waals surface area contributed by atoms with E-state index in [9.17, 15) is 10.2 Å². The Hall–Kier alpha value is -0.240. The van der Waals surface area contributed by atoms with Crippen LogP contribution in [0.15, 0.2) is 0 Å². The molecule has 0 saturated carbocycles. The lowest BCUT2D eigenvalue weighted by molar-refractivity contribution is -0.921. The highest BCUT2D eigenvalue weighted by atomic mass is 16.5. The molecular formula is C27H67N3O3. The Morgan fingerprint density at radius 1 is 0.364 bits per heavy atom. The molecule has 0 fully saturated rings. The molecule has 6 heteroatoms. The van der Waals surface area contributed by atoms with Gasteiger partial charge in [0.1, 0.15) is 0 Å². The van der Waals surface area contributed by atoms with Crippen molar-refractivity contribution in [2.75, 3.05) is 78.5 Å². The maximum absolute atomic E-state index is 9.34. The minimum Gasteiger partial charge on any atom is -0.870 e. The second kappa shape index (κ2) is 26.4. The van der Waals surface area contributed by atoms with Crippen LogP contribution in [-0.4, -0.2) is 104 Å².